The molecule has 0 bridgehead atoms. The highest BCUT2D eigenvalue weighted by Crippen LogP contribution is 2.00. The van der Waals surface area contributed by atoms with Crippen LogP contribution in [-0.2, 0) is 9.59 Å². The standard InChI is InChI=1S/2C4H10N2.C4H6O6/c2*5-6-3-1-2-4-6;5-1(3(7)8)2(6)4(9)10/h2*1-5H2;1-2,5-6H,(H,7,8)(H,9,10). The van der Waals surface area contributed by atoms with Crippen molar-refractivity contribution in [2.24, 2.45) is 11.7 Å². The third-order valence-electron chi connectivity index (χ3n) is 3.09. The monoisotopic (exact) mass is 322 g/mol. The molecule has 0 radical (unpaired) electrons. The van der Waals surface area contributed by atoms with Gasteiger partial charge in [-0.3, -0.25) is 11.7 Å². The molecule has 10 heteroatoms. The molecule has 2 rings (SSSR count). The van der Waals surface area contributed by atoms with Crippen molar-refractivity contribution in [2.45, 2.75) is 37.9 Å². The van der Waals surface area contributed by atoms with Gasteiger partial charge in [-0.15, -0.1) is 0 Å². The lowest BCUT2D eigenvalue weighted by Gasteiger charge is -2.07. The van der Waals surface area contributed by atoms with E-state index in [1.807, 2.05) is 10.0 Å². The molecular weight excluding hydrogens is 296 g/mol. The molecule has 2 saturated heterocycles. The van der Waals surface area contributed by atoms with E-state index in [0.717, 1.165) is 26.2 Å². The topological polar surface area (TPSA) is 174 Å². The van der Waals surface area contributed by atoms with Crippen molar-refractivity contribution in [3.05, 3.63) is 0 Å². The first-order valence-electron chi connectivity index (χ1n) is 7.06. The summed E-state index contributed by atoms with van der Waals surface area (Å²) in [5, 5.41) is 36.2. The molecule has 130 valence electrons. The van der Waals surface area contributed by atoms with Crippen molar-refractivity contribution in [1.82, 2.24) is 10.0 Å². The maximum atomic E-state index is 9.77. The predicted octanol–water partition coefficient (Wildman–Crippen LogP) is -2.21. The van der Waals surface area contributed by atoms with E-state index in [2.05, 4.69) is 0 Å². The normalized spacial score (nSPS) is 21.1. The molecule has 2 atom stereocenters. The van der Waals surface area contributed by atoms with E-state index in [-0.39, 0.29) is 0 Å². The molecule has 10 nitrogen and oxygen atoms in total. The molecule has 2 unspecified atom stereocenters. The van der Waals surface area contributed by atoms with Crippen LogP contribution in [0.1, 0.15) is 25.7 Å². The number of aliphatic hydroxyl groups excluding tert-OH is 2. The summed E-state index contributed by atoms with van der Waals surface area (Å²) in [7, 11) is 0. The van der Waals surface area contributed by atoms with Gasteiger partial charge in [0, 0.05) is 26.2 Å². The minimum Gasteiger partial charge on any atom is -0.479 e. The highest BCUT2D eigenvalue weighted by molar-refractivity contribution is 5.83. The summed E-state index contributed by atoms with van der Waals surface area (Å²) in [6.07, 6.45) is 0.620. The number of carboxylic acid groups (broad SMARTS) is 2. The van der Waals surface area contributed by atoms with Gasteiger partial charge in [-0.2, -0.15) is 0 Å². The maximum Gasteiger partial charge on any atom is 0.335 e. The van der Waals surface area contributed by atoms with E-state index in [1.165, 1.54) is 25.7 Å². The van der Waals surface area contributed by atoms with Crippen LogP contribution in [0, 0.1) is 0 Å². The first-order valence-corrected chi connectivity index (χ1v) is 7.06. The van der Waals surface area contributed by atoms with Crippen LogP contribution in [0.3, 0.4) is 0 Å². The second-order valence-electron chi connectivity index (χ2n) is 5.05. The Hall–Kier alpha value is -1.30. The summed E-state index contributed by atoms with van der Waals surface area (Å²) in [5.41, 5.74) is 0. The van der Waals surface area contributed by atoms with Crippen molar-refractivity contribution in [3.8, 4) is 0 Å². The third-order valence-corrected chi connectivity index (χ3v) is 3.09. The lowest BCUT2D eigenvalue weighted by atomic mass is 10.2. The van der Waals surface area contributed by atoms with E-state index in [1.54, 1.807) is 0 Å². The van der Waals surface area contributed by atoms with E-state index in [0.29, 0.717) is 0 Å². The summed E-state index contributed by atoms with van der Waals surface area (Å²) in [5.74, 6) is 7.20. The maximum absolute atomic E-state index is 9.77. The van der Waals surface area contributed by atoms with Gasteiger partial charge in [0.05, 0.1) is 0 Å². The number of carboxylic acids is 2. The van der Waals surface area contributed by atoms with Crippen LogP contribution in [0.25, 0.3) is 0 Å². The Morgan fingerprint density at radius 2 is 0.955 bits per heavy atom. The van der Waals surface area contributed by atoms with E-state index in [9.17, 15) is 9.59 Å². The van der Waals surface area contributed by atoms with Crippen LogP contribution in [0.15, 0.2) is 0 Å². The summed E-state index contributed by atoms with van der Waals surface area (Å²) < 4.78 is 0. The zero-order valence-corrected chi connectivity index (χ0v) is 12.5. The van der Waals surface area contributed by atoms with Crippen LogP contribution in [0.4, 0.5) is 0 Å². The Morgan fingerprint density at radius 1 is 0.727 bits per heavy atom. The zero-order chi connectivity index (χ0) is 17.1. The lowest BCUT2D eigenvalue weighted by Crippen LogP contribution is -2.39. The largest absolute Gasteiger partial charge is 0.479 e. The molecule has 2 aliphatic heterocycles. The average Bonchev–Trinajstić information content (AvgIpc) is 3.11. The van der Waals surface area contributed by atoms with E-state index in [4.69, 9.17) is 32.1 Å². The summed E-state index contributed by atoms with van der Waals surface area (Å²) in [4.78, 5) is 19.5. The number of hydrazine groups is 2. The Morgan fingerprint density at radius 3 is 1.05 bits per heavy atom. The van der Waals surface area contributed by atoms with Gasteiger partial charge in [0.25, 0.3) is 0 Å². The molecule has 0 amide bonds. The summed E-state index contributed by atoms with van der Waals surface area (Å²) >= 11 is 0. The van der Waals surface area contributed by atoms with Crippen LogP contribution in [0.2, 0.25) is 0 Å². The van der Waals surface area contributed by atoms with E-state index >= 15 is 0 Å². The molecular formula is C12H26N4O6. The molecule has 0 aliphatic carbocycles. The third kappa shape index (κ3) is 9.60. The van der Waals surface area contributed by atoms with Gasteiger partial charge in [-0.25, -0.2) is 19.6 Å². The molecule has 0 spiro atoms. The summed E-state index contributed by atoms with van der Waals surface area (Å²) in [6, 6.07) is 0. The quantitative estimate of drug-likeness (QED) is 0.312. The van der Waals surface area contributed by atoms with Crippen LogP contribution < -0.4 is 11.7 Å². The molecule has 8 N–H and O–H groups in total. The van der Waals surface area contributed by atoms with Gasteiger partial charge >= 0.3 is 11.9 Å². The molecule has 2 heterocycles. The molecule has 0 aromatic rings. The molecule has 0 aromatic heterocycles. The molecule has 0 aromatic carbocycles. The van der Waals surface area contributed by atoms with Crippen molar-refractivity contribution in [2.75, 3.05) is 26.2 Å². The average molecular weight is 322 g/mol. The smallest absolute Gasteiger partial charge is 0.335 e. The summed E-state index contributed by atoms with van der Waals surface area (Å²) in [6.45, 7) is 4.39. The number of nitrogens with zero attached hydrogens (tertiary/aromatic N) is 2. The molecule has 2 aliphatic rings. The number of rotatable bonds is 3. The highest BCUT2D eigenvalue weighted by atomic mass is 16.4. The number of aliphatic carboxylic acids is 2. The van der Waals surface area contributed by atoms with E-state index < -0.39 is 24.1 Å². The fourth-order valence-electron chi connectivity index (χ4n) is 1.75. The minimum atomic E-state index is -2.27. The Bertz CT molecular complexity index is 300. The number of hydrogen-bond acceptors (Lipinski definition) is 8. The minimum absolute atomic E-state index is 1.10. The highest BCUT2D eigenvalue weighted by Gasteiger charge is 2.29. The number of carbonyl (C=O) groups is 2. The number of hydrogen-bond donors (Lipinski definition) is 6. The SMILES string of the molecule is NN1CCCC1.NN1CCCC1.O=C(O)C(O)C(O)C(=O)O. The van der Waals surface area contributed by atoms with Gasteiger partial charge in [-0.1, -0.05) is 0 Å². The lowest BCUT2D eigenvalue weighted by molar-refractivity contribution is -0.165. The second kappa shape index (κ2) is 11.3. The first kappa shape index (κ1) is 20.7. The molecule has 2 fully saturated rings. The fourth-order valence-corrected chi connectivity index (χ4v) is 1.75. The van der Waals surface area contributed by atoms with Crippen LogP contribution in [0.5, 0.6) is 0 Å². The Labute approximate surface area is 128 Å². The van der Waals surface area contributed by atoms with Gasteiger partial charge in [0.1, 0.15) is 0 Å². The zero-order valence-electron chi connectivity index (χ0n) is 12.5. The fraction of sp³-hybridized carbons (Fsp3) is 0.833. The van der Waals surface area contributed by atoms with Gasteiger partial charge in [0.15, 0.2) is 12.2 Å². The van der Waals surface area contributed by atoms with Crippen LogP contribution in [-0.4, -0.2) is 80.8 Å². The van der Waals surface area contributed by atoms with Gasteiger partial charge in [0.2, 0.25) is 0 Å². The number of aliphatic hydroxyl groups is 2. The number of nitrogens with two attached hydrogens (primary N) is 2. The van der Waals surface area contributed by atoms with Crippen molar-refractivity contribution in [1.29, 1.82) is 0 Å². The van der Waals surface area contributed by atoms with Crippen molar-refractivity contribution < 1.29 is 30.0 Å². The first-order chi connectivity index (χ1) is 10.3. The Kier molecular flexibility index (Phi) is 10.6. The van der Waals surface area contributed by atoms with Crippen molar-refractivity contribution >= 4 is 11.9 Å². The van der Waals surface area contributed by atoms with Crippen LogP contribution >= 0.6 is 0 Å². The van der Waals surface area contributed by atoms with Gasteiger partial charge < -0.3 is 20.4 Å². The molecule has 22 heavy (non-hydrogen) atoms. The second-order valence-corrected chi connectivity index (χ2v) is 5.05. The van der Waals surface area contributed by atoms with Gasteiger partial charge in [-0.05, 0) is 25.7 Å². The molecule has 0 saturated carbocycles. The van der Waals surface area contributed by atoms with Crippen molar-refractivity contribution in [3.63, 3.8) is 0 Å². The predicted molar refractivity (Wildman–Crippen MR) is 77.3 cm³/mol. The Balaban J connectivity index is 0.000000315.